The average Bonchev–Trinajstić information content (AvgIpc) is 3.17. The number of nitrogens with zero attached hydrogens (tertiary/aromatic N) is 5. The molecular weight excluding hydrogens is 443 g/mol. The number of hydrogen-bond acceptors (Lipinski definition) is 6. The van der Waals surface area contributed by atoms with Crippen LogP contribution in [0.2, 0.25) is 10.0 Å². The molecule has 2 aromatic carbocycles. The zero-order valence-corrected chi connectivity index (χ0v) is 17.7. The number of amides is 1. The van der Waals surface area contributed by atoms with E-state index in [2.05, 4.69) is 25.5 Å². The maximum Gasteiger partial charge on any atom is 0.234 e. The van der Waals surface area contributed by atoms with Gasteiger partial charge in [0.15, 0.2) is 11.0 Å². The average molecular weight is 457 g/mol. The number of carbonyl (C=O) groups excluding carboxylic acids is 1. The fraction of sp³-hybridized carbons (Fsp3) is 0.0500. The molecule has 0 aliphatic carbocycles. The van der Waals surface area contributed by atoms with Crippen molar-refractivity contribution in [2.45, 2.75) is 5.16 Å². The van der Waals surface area contributed by atoms with E-state index < -0.39 is 0 Å². The van der Waals surface area contributed by atoms with Gasteiger partial charge in [0.05, 0.1) is 11.9 Å². The summed E-state index contributed by atoms with van der Waals surface area (Å²) in [6.07, 6.45) is 4.80. The predicted molar refractivity (Wildman–Crippen MR) is 118 cm³/mol. The lowest BCUT2D eigenvalue weighted by molar-refractivity contribution is -0.113. The monoisotopic (exact) mass is 456 g/mol. The van der Waals surface area contributed by atoms with Gasteiger partial charge < -0.3 is 5.32 Å². The molecule has 2 heterocycles. The van der Waals surface area contributed by atoms with Crippen molar-refractivity contribution < 1.29 is 4.79 Å². The Morgan fingerprint density at radius 3 is 2.50 bits per heavy atom. The number of benzene rings is 2. The Bertz CT molecular complexity index is 1150. The van der Waals surface area contributed by atoms with Crippen molar-refractivity contribution in [2.75, 3.05) is 11.1 Å². The molecule has 0 atom stereocenters. The number of thioether (sulfide) groups is 1. The van der Waals surface area contributed by atoms with E-state index in [4.69, 9.17) is 23.2 Å². The number of carbonyl (C=O) groups is 1. The van der Waals surface area contributed by atoms with Gasteiger partial charge in [0, 0.05) is 33.8 Å². The molecule has 4 aromatic rings. The topological polar surface area (TPSA) is 85.6 Å². The molecule has 150 valence electrons. The van der Waals surface area contributed by atoms with Crippen molar-refractivity contribution in [3.63, 3.8) is 0 Å². The second kappa shape index (κ2) is 9.25. The molecule has 0 fully saturated rings. The van der Waals surface area contributed by atoms with Gasteiger partial charge in [-0.2, -0.15) is 0 Å². The van der Waals surface area contributed by atoms with Crippen molar-refractivity contribution in [1.29, 1.82) is 0 Å². The lowest BCUT2D eigenvalue weighted by Gasteiger charge is -2.10. The highest BCUT2D eigenvalue weighted by Crippen LogP contribution is 2.27. The number of hydrogen-bond donors (Lipinski definition) is 1. The van der Waals surface area contributed by atoms with Crippen LogP contribution in [0, 0.1) is 0 Å². The zero-order chi connectivity index (χ0) is 20.9. The zero-order valence-electron chi connectivity index (χ0n) is 15.4. The molecule has 0 radical (unpaired) electrons. The smallest absolute Gasteiger partial charge is 0.234 e. The third-order valence-corrected chi connectivity index (χ3v) is 5.28. The predicted octanol–water partition coefficient (Wildman–Crippen LogP) is 4.76. The molecule has 10 heteroatoms. The third-order valence-electron chi connectivity index (χ3n) is 3.92. The van der Waals surface area contributed by atoms with Crippen LogP contribution < -0.4 is 5.32 Å². The molecule has 1 N–H and O–H groups in total. The molecular formula is C20H14Cl2N6OS. The molecule has 0 bridgehead atoms. The van der Waals surface area contributed by atoms with Gasteiger partial charge in [0.25, 0.3) is 0 Å². The maximum absolute atomic E-state index is 12.4. The minimum atomic E-state index is -0.220. The van der Waals surface area contributed by atoms with Crippen molar-refractivity contribution in [2.24, 2.45) is 0 Å². The van der Waals surface area contributed by atoms with Gasteiger partial charge in [-0.3, -0.25) is 14.3 Å². The largest absolute Gasteiger partial charge is 0.325 e. The van der Waals surface area contributed by atoms with Gasteiger partial charge in [0.2, 0.25) is 5.91 Å². The van der Waals surface area contributed by atoms with Crippen molar-refractivity contribution in [3.05, 3.63) is 77.2 Å². The molecule has 0 aliphatic heterocycles. The Hall–Kier alpha value is -2.94. The van der Waals surface area contributed by atoms with E-state index in [0.717, 1.165) is 5.69 Å². The van der Waals surface area contributed by atoms with E-state index >= 15 is 0 Å². The quantitative estimate of drug-likeness (QED) is 0.420. The van der Waals surface area contributed by atoms with Crippen LogP contribution in [0.3, 0.4) is 0 Å². The summed E-state index contributed by atoms with van der Waals surface area (Å²) in [5.74, 6) is 0.441. The van der Waals surface area contributed by atoms with Crippen LogP contribution in [0.4, 0.5) is 5.69 Å². The van der Waals surface area contributed by atoms with Crippen molar-refractivity contribution in [1.82, 2.24) is 24.7 Å². The molecule has 2 aromatic heterocycles. The summed E-state index contributed by atoms with van der Waals surface area (Å²) in [7, 11) is 0. The fourth-order valence-corrected chi connectivity index (χ4v) is 3.98. The second-order valence-electron chi connectivity index (χ2n) is 6.06. The van der Waals surface area contributed by atoms with Crippen molar-refractivity contribution in [3.8, 4) is 17.2 Å². The highest BCUT2D eigenvalue weighted by atomic mass is 35.5. The van der Waals surface area contributed by atoms with Crippen LogP contribution in [-0.4, -0.2) is 36.4 Å². The number of rotatable bonds is 6. The molecule has 0 spiro atoms. The Morgan fingerprint density at radius 2 is 1.80 bits per heavy atom. The highest BCUT2D eigenvalue weighted by Gasteiger charge is 2.18. The van der Waals surface area contributed by atoms with Crippen LogP contribution in [0.5, 0.6) is 0 Å². The van der Waals surface area contributed by atoms with Crippen molar-refractivity contribution >= 4 is 46.6 Å². The van der Waals surface area contributed by atoms with Crippen LogP contribution >= 0.6 is 35.0 Å². The first-order chi connectivity index (χ1) is 14.6. The summed E-state index contributed by atoms with van der Waals surface area (Å²) in [6.45, 7) is 0. The molecule has 1 amide bonds. The first-order valence-corrected chi connectivity index (χ1v) is 10.5. The first-order valence-electron chi connectivity index (χ1n) is 8.76. The normalized spacial score (nSPS) is 10.7. The fourth-order valence-electron chi connectivity index (χ4n) is 2.71. The lowest BCUT2D eigenvalue weighted by atomic mass is 10.3. The van der Waals surface area contributed by atoms with Crippen LogP contribution in [0.15, 0.2) is 72.3 Å². The number of anilines is 1. The summed E-state index contributed by atoms with van der Waals surface area (Å²) in [5.41, 5.74) is 1.97. The summed E-state index contributed by atoms with van der Waals surface area (Å²) in [4.78, 5) is 20.9. The first kappa shape index (κ1) is 20.3. The van der Waals surface area contributed by atoms with E-state index in [1.54, 1.807) is 36.8 Å². The van der Waals surface area contributed by atoms with E-state index in [-0.39, 0.29) is 11.7 Å². The van der Waals surface area contributed by atoms with Crippen LogP contribution in [0.1, 0.15) is 0 Å². The summed E-state index contributed by atoms with van der Waals surface area (Å²) >= 11 is 13.2. The van der Waals surface area contributed by atoms with E-state index in [9.17, 15) is 4.79 Å². The Morgan fingerprint density at radius 1 is 1.03 bits per heavy atom. The standard InChI is InChI=1S/C20H14Cl2N6OS/c21-13-8-14(22)10-15(9-13)25-18(29)12-30-20-27-26-19(17-11-23-6-7-24-17)28(20)16-4-2-1-3-5-16/h1-11H,12H2,(H,25,29). The molecule has 7 nitrogen and oxygen atoms in total. The van der Waals surface area contributed by atoms with E-state index in [1.165, 1.54) is 11.8 Å². The minimum absolute atomic E-state index is 0.121. The maximum atomic E-state index is 12.4. The van der Waals surface area contributed by atoms with Gasteiger partial charge in [0.1, 0.15) is 5.69 Å². The van der Waals surface area contributed by atoms with Gasteiger partial charge in [-0.1, -0.05) is 53.2 Å². The molecule has 0 saturated carbocycles. The molecule has 4 rings (SSSR count). The van der Waals surface area contributed by atoms with Gasteiger partial charge in [-0.15, -0.1) is 10.2 Å². The van der Waals surface area contributed by atoms with Crippen LogP contribution in [-0.2, 0) is 4.79 Å². The Balaban J connectivity index is 1.57. The van der Waals surface area contributed by atoms with Crippen LogP contribution in [0.25, 0.3) is 17.2 Å². The van der Waals surface area contributed by atoms with E-state index in [1.807, 2.05) is 34.9 Å². The lowest BCUT2D eigenvalue weighted by Crippen LogP contribution is -2.14. The Kier molecular flexibility index (Phi) is 6.27. The molecule has 0 saturated heterocycles. The summed E-state index contributed by atoms with van der Waals surface area (Å²) in [5, 5.41) is 12.8. The Labute approximate surface area is 186 Å². The van der Waals surface area contributed by atoms with Gasteiger partial charge in [-0.25, -0.2) is 4.98 Å². The molecule has 0 aliphatic rings. The number of aromatic nitrogens is 5. The number of nitrogens with one attached hydrogen (secondary N) is 1. The summed E-state index contributed by atoms with van der Waals surface area (Å²) < 4.78 is 1.85. The van der Waals surface area contributed by atoms with E-state index in [0.29, 0.717) is 32.4 Å². The van der Waals surface area contributed by atoms with Gasteiger partial charge >= 0.3 is 0 Å². The number of halogens is 2. The molecule has 30 heavy (non-hydrogen) atoms. The third kappa shape index (κ3) is 4.79. The summed E-state index contributed by atoms with van der Waals surface area (Å²) in [6, 6.07) is 14.5. The number of para-hydroxylation sites is 1. The highest BCUT2D eigenvalue weighted by molar-refractivity contribution is 7.99. The second-order valence-corrected chi connectivity index (χ2v) is 7.88. The SMILES string of the molecule is O=C(CSc1nnc(-c2cnccn2)n1-c1ccccc1)Nc1cc(Cl)cc(Cl)c1. The minimum Gasteiger partial charge on any atom is -0.325 e. The van der Waals surface area contributed by atoms with Gasteiger partial charge in [-0.05, 0) is 30.3 Å². The molecule has 0 unspecified atom stereocenters.